The van der Waals surface area contributed by atoms with Gasteiger partial charge in [0.2, 0.25) is 0 Å². The van der Waals surface area contributed by atoms with Crippen molar-refractivity contribution in [2.24, 2.45) is 23.7 Å². The Balaban J connectivity index is 3.80. The number of benzene rings is 1. The Morgan fingerprint density at radius 2 is 0.800 bits per heavy atom. The van der Waals surface area contributed by atoms with Crippen LogP contribution in [-0.4, -0.2) is 26.7 Å². The van der Waals surface area contributed by atoms with Crippen molar-refractivity contribution in [3.05, 3.63) is 34.4 Å². The van der Waals surface area contributed by atoms with E-state index in [-0.39, 0.29) is 47.3 Å². The lowest BCUT2D eigenvalue weighted by Crippen LogP contribution is -2.21. The standard InChI is InChI=1S/C26H41F4/c1-15(11-27)19(5)23-9-25(21(7)17(3)13-29)26(22(8)18(4)14-30)10-24(23)20(6)16(2)12-28/h9,15-22H,11-14H2,1-8H3. The molecule has 30 heavy (non-hydrogen) atoms. The van der Waals surface area contributed by atoms with E-state index >= 15 is 0 Å². The topological polar surface area (TPSA) is 0 Å². The summed E-state index contributed by atoms with van der Waals surface area (Å²) in [5.41, 5.74) is 3.71. The highest BCUT2D eigenvalue weighted by molar-refractivity contribution is 5.45. The van der Waals surface area contributed by atoms with Gasteiger partial charge in [-0.3, -0.25) is 17.6 Å². The van der Waals surface area contributed by atoms with Gasteiger partial charge in [-0.1, -0.05) is 61.5 Å². The van der Waals surface area contributed by atoms with E-state index in [2.05, 4.69) is 12.1 Å². The van der Waals surface area contributed by atoms with Crippen molar-refractivity contribution in [2.45, 2.75) is 79.1 Å². The molecule has 173 valence electrons. The van der Waals surface area contributed by atoms with Crippen LogP contribution in [0, 0.1) is 29.7 Å². The van der Waals surface area contributed by atoms with Crippen molar-refractivity contribution >= 4 is 0 Å². The molecule has 0 N–H and O–H groups in total. The lowest BCUT2D eigenvalue weighted by atomic mass is 9.73. The van der Waals surface area contributed by atoms with Gasteiger partial charge >= 0.3 is 0 Å². The van der Waals surface area contributed by atoms with Crippen LogP contribution in [0.25, 0.3) is 0 Å². The van der Waals surface area contributed by atoms with Gasteiger partial charge in [-0.05, 0) is 75.7 Å². The summed E-state index contributed by atoms with van der Waals surface area (Å²) in [4.78, 5) is 0. The zero-order chi connectivity index (χ0) is 23.2. The van der Waals surface area contributed by atoms with Crippen molar-refractivity contribution in [1.29, 1.82) is 0 Å². The SMILES string of the molecule is CC(CF)C(C)c1[c]c(C(C)C(C)CF)c(C(C)C(C)CF)cc1C(C)C(C)CF. The minimum atomic E-state index is -0.454. The van der Waals surface area contributed by atoms with Gasteiger partial charge in [0.15, 0.2) is 0 Å². The van der Waals surface area contributed by atoms with E-state index in [1.54, 1.807) is 0 Å². The highest BCUT2D eigenvalue weighted by atomic mass is 19.1. The molecular weight excluding hydrogens is 388 g/mol. The molecule has 8 unspecified atom stereocenters. The fraction of sp³-hybridized carbons (Fsp3) is 0.769. The van der Waals surface area contributed by atoms with Crippen LogP contribution >= 0.6 is 0 Å². The number of alkyl halides is 4. The molecule has 8 atom stereocenters. The van der Waals surface area contributed by atoms with Gasteiger partial charge in [-0.15, -0.1) is 0 Å². The molecule has 0 amide bonds. The first kappa shape index (κ1) is 27.0. The third-order valence-corrected chi connectivity index (χ3v) is 7.48. The lowest BCUT2D eigenvalue weighted by molar-refractivity contribution is 0.325. The fourth-order valence-electron chi connectivity index (χ4n) is 3.84. The summed E-state index contributed by atoms with van der Waals surface area (Å²) in [5, 5.41) is 0. The smallest absolute Gasteiger partial charge is 0.0925 e. The van der Waals surface area contributed by atoms with Crippen LogP contribution in [0.15, 0.2) is 6.07 Å². The Bertz CT molecular complexity index is 538. The predicted molar refractivity (Wildman–Crippen MR) is 119 cm³/mol. The molecular formula is C26H41F4. The van der Waals surface area contributed by atoms with Crippen LogP contribution in [0.4, 0.5) is 17.6 Å². The molecule has 0 saturated carbocycles. The van der Waals surface area contributed by atoms with Gasteiger partial charge in [0.1, 0.15) is 0 Å². The second-order valence-electron chi connectivity index (χ2n) is 9.69. The molecule has 1 aromatic rings. The van der Waals surface area contributed by atoms with Crippen LogP contribution in [0.5, 0.6) is 0 Å². The fourth-order valence-corrected chi connectivity index (χ4v) is 3.84. The van der Waals surface area contributed by atoms with Gasteiger partial charge in [-0.2, -0.15) is 0 Å². The Morgan fingerprint density at radius 1 is 0.533 bits per heavy atom. The van der Waals surface area contributed by atoms with E-state index in [9.17, 15) is 17.6 Å². The Morgan fingerprint density at radius 3 is 1.07 bits per heavy atom. The number of halogens is 4. The molecule has 1 aromatic carbocycles. The van der Waals surface area contributed by atoms with Crippen molar-refractivity contribution in [3.8, 4) is 0 Å². The number of hydrogen-bond acceptors (Lipinski definition) is 0. The number of rotatable bonds is 12. The highest BCUT2D eigenvalue weighted by Crippen LogP contribution is 2.42. The summed E-state index contributed by atoms with van der Waals surface area (Å²) in [7, 11) is 0. The Hall–Kier alpha value is -1.06. The molecule has 1 rings (SSSR count). The second kappa shape index (κ2) is 12.1. The average molecular weight is 430 g/mol. The zero-order valence-electron chi connectivity index (χ0n) is 20.0. The molecule has 0 aromatic heterocycles. The molecule has 0 bridgehead atoms. The summed E-state index contributed by atoms with van der Waals surface area (Å²) < 4.78 is 54.1. The summed E-state index contributed by atoms with van der Waals surface area (Å²) in [6.45, 7) is 13.6. The molecule has 0 spiro atoms. The highest BCUT2D eigenvalue weighted by Gasteiger charge is 2.30. The first-order valence-electron chi connectivity index (χ1n) is 11.4. The van der Waals surface area contributed by atoms with E-state index in [0.717, 1.165) is 22.3 Å². The van der Waals surface area contributed by atoms with E-state index in [1.807, 2.05) is 55.4 Å². The van der Waals surface area contributed by atoms with Crippen molar-refractivity contribution in [2.75, 3.05) is 26.7 Å². The van der Waals surface area contributed by atoms with E-state index in [1.165, 1.54) is 0 Å². The molecule has 0 saturated heterocycles. The molecule has 0 nitrogen and oxygen atoms in total. The molecule has 0 aliphatic carbocycles. The van der Waals surface area contributed by atoms with Gasteiger partial charge in [-0.25, -0.2) is 0 Å². The van der Waals surface area contributed by atoms with Crippen molar-refractivity contribution in [1.82, 2.24) is 0 Å². The van der Waals surface area contributed by atoms with Crippen LogP contribution in [-0.2, 0) is 0 Å². The predicted octanol–water partition coefficient (Wildman–Crippen LogP) is 8.32. The maximum Gasteiger partial charge on any atom is 0.0925 e. The van der Waals surface area contributed by atoms with Crippen LogP contribution in [0.1, 0.15) is 101 Å². The summed E-state index contributed by atoms with van der Waals surface area (Å²) >= 11 is 0. The minimum Gasteiger partial charge on any atom is -0.251 e. The van der Waals surface area contributed by atoms with E-state index in [0.29, 0.717) is 0 Å². The quantitative estimate of drug-likeness (QED) is 0.293. The normalized spacial score (nSPS) is 20.1. The van der Waals surface area contributed by atoms with Crippen molar-refractivity contribution in [3.63, 3.8) is 0 Å². The zero-order valence-corrected chi connectivity index (χ0v) is 20.0. The van der Waals surface area contributed by atoms with Gasteiger partial charge in [0, 0.05) is 0 Å². The van der Waals surface area contributed by atoms with Crippen LogP contribution < -0.4 is 0 Å². The Kier molecular flexibility index (Phi) is 10.9. The molecule has 1 radical (unpaired) electrons. The average Bonchev–Trinajstić information content (AvgIpc) is 2.78. The summed E-state index contributed by atoms with van der Waals surface area (Å²) in [6.07, 6.45) is 0. The van der Waals surface area contributed by atoms with Gasteiger partial charge < -0.3 is 0 Å². The lowest BCUT2D eigenvalue weighted by Gasteiger charge is -2.32. The largest absolute Gasteiger partial charge is 0.251 e. The van der Waals surface area contributed by atoms with E-state index in [4.69, 9.17) is 0 Å². The molecule has 4 heteroatoms. The molecule has 0 heterocycles. The van der Waals surface area contributed by atoms with Gasteiger partial charge in [0.25, 0.3) is 0 Å². The monoisotopic (exact) mass is 429 g/mol. The number of hydrogen-bond donors (Lipinski definition) is 0. The first-order valence-corrected chi connectivity index (χ1v) is 11.4. The van der Waals surface area contributed by atoms with Gasteiger partial charge in [0.05, 0.1) is 26.7 Å². The maximum absolute atomic E-state index is 13.5. The van der Waals surface area contributed by atoms with Crippen molar-refractivity contribution < 1.29 is 17.6 Å². The third kappa shape index (κ3) is 6.01. The molecule has 0 aliphatic rings. The Labute approximate surface area is 181 Å². The third-order valence-electron chi connectivity index (χ3n) is 7.48. The van der Waals surface area contributed by atoms with Crippen LogP contribution in [0.2, 0.25) is 0 Å². The second-order valence-corrected chi connectivity index (χ2v) is 9.69. The van der Waals surface area contributed by atoms with Crippen LogP contribution in [0.3, 0.4) is 0 Å². The summed E-state index contributed by atoms with van der Waals surface area (Å²) in [6, 6.07) is 5.62. The molecule has 0 aliphatic heterocycles. The summed E-state index contributed by atoms with van der Waals surface area (Å²) in [5.74, 6) is -1.16. The minimum absolute atomic E-state index is 0.0786. The molecule has 0 fully saturated rings. The first-order chi connectivity index (χ1) is 14.0. The maximum atomic E-state index is 13.5. The van der Waals surface area contributed by atoms with E-state index < -0.39 is 26.7 Å².